The van der Waals surface area contributed by atoms with Crippen molar-refractivity contribution in [2.24, 2.45) is 4.99 Å². The van der Waals surface area contributed by atoms with Crippen LogP contribution in [-0.2, 0) is 9.53 Å². The van der Waals surface area contributed by atoms with Crippen LogP contribution in [-0.4, -0.2) is 21.2 Å². The van der Waals surface area contributed by atoms with Gasteiger partial charge in [-0.15, -0.1) is 0 Å². The number of imidazole rings is 1. The smallest absolute Gasteiger partial charge is 0.304 e. The van der Waals surface area contributed by atoms with Crippen molar-refractivity contribution in [2.45, 2.75) is 20.1 Å². The Balaban J connectivity index is 2.05. The SMILES string of the molecule is CC(=O)OC1N=C(c2ccccc2Cl)c2cc(F)ccc2-n2cc(C)nc21. The second kappa shape index (κ2) is 6.63. The largest absolute Gasteiger partial charge is 0.432 e. The van der Waals surface area contributed by atoms with Crippen LogP contribution in [0.5, 0.6) is 0 Å². The van der Waals surface area contributed by atoms with E-state index in [1.165, 1.54) is 19.1 Å². The molecule has 0 aliphatic carbocycles. The summed E-state index contributed by atoms with van der Waals surface area (Å²) in [6, 6.07) is 11.6. The van der Waals surface area contributed by atoms with Gasteiger partial charge in [0, 0.05) is 29.3 Å². The lowest BCUT2D eigenvalue weighted by Crippen LogP contribution is -2.12. The second-order valence-electron chi connectivity index (χ2n) is 6.19. The van der Waals surface area contributed by atoms with Crippen LogP contribution in [0.2, 0.25) is 5.02 Å². The van der Waals surface area contributed by atoms with E-state index in [0.717, 1.165) is 5.69 Å². The van der Waals surface area contributed by atoms with Crippen LogP contribution >= 0.6 is 11.6 Å². The van der Waals surface area contributed by atoms with Gasteiger partial charge in [-0.2, -0.15) is 0 Å². The third-order valence-corrected chi connectivity index (χ3v) is 4.53. The lowest BCUT2D eigenvalue weighted by Gasteiger charge is -2.13. The summed E-state index contributed by atoms with van der Waals surface area (Å²) >= 11 is 6.38. The van der Waals surface area contributed by atoms with Crippen LogP contribution in [0.15, 0.2) is 53.7 Å². The first-order chi connectivity index (χ1) is 12.9. The number of carbonyl (C=O) groups is 1. The molecule has 0 saturated carbocycles. The van der Waals surface area contributed by atoms with Crippen LogP contribution < -0.4 is 0 Å². The van der Waals surface area contributed by atoms with E-state index in [4.69, 9.17) is 16.3 Å². The molecule has 0 radical (unpaired) electrons. The Morgan fingerprint density at radius 1 is 1.22 bits per heavy atom. The molecule has 1 aliphatic heterocycles. The molecular formula is C20H15ClFN3O2. The number of hydrogen-bond donors (Lipinski definition) is 0. The van der Waals surface area contributed by atoms with Crippen LogP contribution in [0.4, 0.5) is 4.39 Å². The quantitative estimate of drug-likeness (QED) is 0.617. The van der Waals surface area contributed by atoms with E-state index in [9.17, 15) is 9.18 Å². The van der Waals surface area contributed by atoms with Gasteiger partial charge in [0.05, 0.1) is 17.1 Å². The first-order valence-electron chi connectivity index (χ1n) is 8.30. The molecule has 0 bridgehead atoms. The molecule has 1 unspecified atom stereocenters. The summed E-state index contributed by atoms with van der Waals surface area (Å²) in [6.45, 7) is 3.14. The number of hydrogen-bond acceptors (Lipinski definition) is 4. The van der Waals surface area contributed by atoms with E-state index in [-0.39, 0.29) is 0 Å². The van der Waals surface area contributed by atoms with Gasteiger partial charge in [0.2, 0.25) is 0 Å². The standard InChI is InChI=1S/C20H15ClFN3O2/c1-11-10-25-17-8-7-13(22)9-15(17)18(14-5-3-4-6-16(14)21)24-20(19(25)23-11)27-12(2)26/h3-10,20H,1-2H3. The Morgan fingerprint density at radius 3 is 2.74 bits per heavy atom. The molecule has 0 fully saturated rings. The minimum absolute atomic E-state index is 0.405. The van der Waals surface area contributed by atoms with Gasteiger partial charge >= 0.3 is 5.97 Å². The Hall–Kier alpha value is -2.99. The average molecular weight is 384 g/mol. The molecule has 5 nitrogen and oxygen atoms in total. The third kappa shape index (κ3) is 3.13. The Morgan fingerprint density at radius 2 is 2.00 bits per heavy atom. The zero-order valence-electron chi connectivity index (χ0n) is 14.6. The first kappa shape index (κ1) is 17.4. The maximum atomic E-state index is 14.1. The minimum atomic E-state index is -0.974. The number of ether oxygens (including phenoxy) is 1. The van der Waals surface area contributed by atoms with Crippen molar-refractivity contribution in [1.29, 1.82) is 0 Å². The summed E-state index contributed by atoms with van der Waals surface area (Å²) in [5.41, 5.74) is 3.00. The topological polar surface area (TPSA) is 56.5 Å². The van der Waals surface area contributed by atoms with Crippen molar-refractivity contribution in [3.05, 3.63) is 82.1 Å². The highest BCUT2D eigenvalue weighted by molar-refractivity contribution is 6.35. The molecule has 3 aromatic rings. The predicted octanol–water partition coefficient (Wildman–Crippen LogP) is 4.39. The van der Waals surface area contributed by atoms with Gasteiger partial charge in [-0.05, 0) is 31.2 Å². The van der Waals surface area contributed by atoms with Gasteiger partial charge in [-0.3, -0.25) is 9.36 Å². The van der Waals surface area contributed by atoms with Crippen LogP contribution in [0.1, 0.15) is 35.8 Å². The summed E-state index contributed by atoms with van der Waals surface area (Å²) in [5, 5.41) is 0.462. The average Bonchev–Trinajstić information content (AvgIpc) is 2.96. The number of rotatable bonds is 2. The molecule has 2 heterocycles. The molecule has 0 spiro atoms. The molecule has 1 aliphatic rings. The molecular weight excluding hydrogens is 369 g/mol. The Kier molecular flexibility index (Phi) is 4.28. The number of carbonyl (C=O) groups excluding carboxylic acids is 1. The lowest BCUT2D eigenvalue weighted by atomic mass is 10.00. The number of halogens is 2. The summed E-state index contributed by atoms with van der Waals surface area (Å²) in [7, 11) is 0. The third-order valence-electron chi connectivity index (χ3n) is 4.20. The van der Waals surface area contributed by atoms with Crippen molar-refractivity contribution in [3.63, 3.8) is 0 Å². The van der Waals surface area contributed by atoms with E-state index < -0.39 is 18.0 Å². The van der Waals surface area contributed by atoms with Crippen LogP contribution in [0, 0.1) is 12.7 Å². The number of aromatic nitrogens is 2. The molecule has 1 aromatic heterocycles. The monoisotopic (exact) mass is 383 g/mol. The Labute approximate surface area is 160 Å². The predicted molar refractivity (Wildman–Crippen MR) is 99.9 cm³/mol. The van der Waals surface area contributed by atoms with Gasteiger partial charge in [0.1, 0.15) is 5.82 Å². The molecule has 2 aromatic carbocycles. The fourth-order valence-corrected chi connectivity index (χ4v) is 3.37. The highest BCUT2D eigenvalue weighted by Crippen LogP contribution is 2.33. The van der Waals surface area contributed by atoms with Crippen LogP contribution in [0.3, 0.4) is 0 Å². The molecule has 0 saturated heterocycles. The van der Waals surface area contributed by atoms with Gasteiger partial charge in [0.15, 0.2) is 5.82 Å². The molecule has 4 rings (SSSR count). The number of aryl methyl sites for hydroxylation is 1. The number of nitrogens with zero attached hydrogens (tertiary/aromatic N) is 3. The van der Waals surface area contributed by atoms with Crippen molar-refractivity contribution < 1.29 is 13.9 Å². The molecule has 7 heteroatoms. The highest BCUT2D eigenvalue weighted by Gasteiger charge is 2.29. The van der Waals surface area contributed by atoms with Gasteiger partial charge < -0.3 is 4.74 Å². The fraction of sp³-hybridized carbons (Fsp3) is 0.150. The maximum Gasteiger partial charge on any atom is 0.304 e. The molecule has 1 atom stereocenters. The molecule has 136 valence electrons. The van der Waals surface area contributed by atoms with Crippen molar-refractivity contribution >= 4 is 23.3 Å². The molecule has 0 amide bonds. The Bertz CT molecular complexity index is 1090. The normalized spacial score (nSPS) is 15.4. The number of esters is 1. The summed E-state index contributed by atoms with van der Waals surface area (Å²) in [4.78, 5) is 20.8. The zero-order chi connectivity index (χ0) is 19.1. The van der Waals surface area contributed by atoms with Crippen molar-refractivity contribution in [2.75, 3.05) is 0 Å². The first-order valence-corrected chi connectivity index (χ1v) is 8.68. The van der Waals surface area contributed by atoms with E-state index in [0.29, 0.717) is 33.4 Å². The van der Waals surface area contributed by atoms with E-state index in [1.54, 1.807) is 35.0 Å². The molecule has 27 heavy (non-hydrogen) atoms. The van der Waals surface area contributed by atoms with Crippen molar-refractivity contribution in [3.8, 4) is 5.69 Å². The number of benzene rings is 2. The van der Waals surface area contributed by atoms with Gasteiger partial charge in [-0.1, -0.05) is 29.8 Å². The summed E-state index contributed by atoms with van der Waals surface area (Å²) < 4.78 is 21.3. The van der Waals surface area contributed by atoms with E-state index in [2.05, 4.69) is 9.98 Å². The fourth-order valence-electron chi connectivity index (χ4n) is 3.14. The number of fused-ring (bicyclic) bond motifs is 3. The highest BCUT2D eigenvalue weighted by atomic mass is 35.5. The zero-order valence-corrected chi connectivity index (χ0v) is 15.4. The van der Waals surface area contributed by atoms with E-state index in [1.807, 2.05) is 13.0 Å². The van der Waals surface area contributed by atoms with Gasteiger partial charge in [0.25, 0.3) is 6.23 Å². The molecule has 0 N–H and O–H groups in total. The van der Waals surface area contributed by atoms with Crippen LogP contribution in [0.25, 0.3) is 5.69 Å². The lowest BCUT2D eigenvalue weighted by molar-refractivity contribution is -0.146. The maximum absolute atomic E-state index is 14.1. The summed E-state index contributed by atoms with van der Waals surface area (Å²) in [6.07, 6.45) is 0.825. The minimum Gasteiger partial charge on any atom is -0.432 e. The van der Waals surface area contributed by atoms with Crippen molar-refractivity contribution in [1.82, 2.24) is 9.55 Å². The van der Waals surface area contributed by atoms with Gasteiger partial charge in [-0.25, -0.2) is 14.4 Å². The number of aliphatic imine (C=N–C) groups is 1. The van der Waals surface area contributed by atoms with E-state index >= 15 is 0 Å². The summed E-state index contributed by atoms with van der Waals surface area (Å²) in [5.74, 6) is -0.456. The second-order valence-corrected chi connectivity index (χ2v) is 6.60.